The fourth-order valence-electron chi connectivity index (χ4n) is 1.33. The van der Waals surface area contributed by atoms with E-state index < -0.39 is 0 Å². The molecule has 15 heavy (non-hydrogen) atoms. The molecular formula is C12H23BO2. The molecule has 0 atom stereocenters. The summed E-state index contributed by atoms with van der Waals surface area (Å²) < 4.78 is 11.7. The number of hydrogen-bond acceptors (Lipinski definition) is 2. The van der Waals surface area contributed by atoms with Crippen molar-refractivity contribution >= 4 is 7.12 Å². The zero-order valence-electron chi connectivity index (χ0n) is 11.0. The molecule has 0 saturated carbocycles. The maximum absolute atomic E-state index is 5.85. The Morgan fingerprint density at radius 1 is 0.933 bits per heavy atom. The zero-order chi connectivity index (χ0) is 11.9. The highest BCUT2D eigenvalue weighted by atomic mass is 16.7. The fourth-order valence-corrected chi connectivity index (χ4v) is 1.33. The third-order valence-corrected chi connectivity index (χ3v) is 3.02. The molecule has 1 heterocycles. The maximum atomic E-state index is 5.85. The molecule has 1 fully saturated rings. The summed E-state index contributed by atoms with van der Waals surface area (Å²) in [5.41, 5.74) is -0.302. The van der Waals surface area contributed by atoms with E-state index in [1.807, 2.05) is 5.98 Å². The predicted molar refractivity (Wildman–Crippen MR) is 64.7 cm³/mol. The van der Waals surface area contributed by atoms with Gasteiger partial charge in [-0.1, -0.05) is 32.8 Å². The summed E-state index contributed by atoms with van der Waals surface area (Å²) in [6.45, 7) is 14.8. The molecule has 0 aromatic rings. The van der Waals surface area contributed by atoms with Crippen LogP contribution in [-0.2, 0) is 9.31 Å². The van der Waals surface area contributed by atoms with Crippen molar-refractivity contribution in [1.82, 2.24) is 0 Å². The van der Waals surface area contributed by atoms with Crippen molar-refractivity contribution in [3.05, 3.63) is 12.1 Å². The van der Waals surface area contributed by atoms with Crippen LogP contribution < -0.4 is 0 Å². The Hall–Kier alpha value is -0.275. The largest absolute Gasteiger partial charge is 0.486 e. The van der Waals surface area contributed by atoms with Gasteiger partial charge in [-0.3, -0.25) is 0 Å². The Balaban J connectivity index is 2.68. The minimum Gasteiger partial charge on any atom is -0.400 e. The topological polar surface area (TPSA) is 18.5 Å². The lowest BCUT2D eigenvalue weighted by atomic mass is 9.84. The van der Waals surface area contributed by atoms with Crippen LogP contribution in [0.3, 0.4) is 0 Å². The lowest BCUT2D eigenvalue weighted by molar-refractivity contribution is 0.00578. The van der Waals surface area contributed by atoms with Gasteiger partial charge in [-0.25, -0.2) is 0 Å². The molecule has 0 aromatic carbocycles. The van der Waals surface area contributed by atoms with Gasteiger partial charge in [0.2, 0.25) is 0 Å². The molecule has 86 valence electrons. The molecule has 2 nitrogen and oxygen atoms in total. The minimum absolute atomic E-state index is 0.170. The average molecular weight is 210 g/mol. The normalized spacial score (nSPS) is 25.1. The van der Waals surface area contributed by atoms with Crippen LogP contribution in [0.1, 0.15) is 48.5 Å². The SMILES string of the molecule is CC(C)(C)/C=C\B1OC(C)(C)C(C)(C)O1. The summed E-state index contributed by atoms with van der Waals surface area (Å²) in [6, 6.07) is 0. The van der Waals surface area contributed by atoms with Gasteiger partial charge >= 0.3 is 7.12 Å². The lowest BCUT2D eigenvalue weighted by Gasteiger charge is -2.32. The molecule has 0 unspecified atom stereocenters. The van der Waals surface area contributed by atoms with Crippen molar-refractivity contribution in [3.63, 3.8) is 0 Å². The minimum atomic E-state index is -0.236. The average Bonchev–Trinajstić information content (AvgIpc) is 2.16. The van der Waals surface area contributed by atoms with E-state index in [0.29, 0.717) is 0 Å². The van der Waals surface area contributed by atoms with E-state index in [0.717, 1.165) is 0 Å². The molecule has 0 radical (unpaired) electrons. The highest BCUT2D eigenvalue weighted by Gasteiger charge is 2.50. The van der Waals surface area contributed by atoms with Gasteiger partial charge in [0.25, 0.3) is 0 Å². The molecule has 1 aliphatic rings. The van der Waals surface area contributed by atoms with Crippen LogP contribution in [0.5, 0.6) is 0 Å². The Morgan fingerprint density at radius 2 is 1.33 bits per heavy atom. The quantitative estimate of drug-likeness (QED) is 0.618. The van der Waals surface area contributed by atoms with Gasteiger partial charge in [0.1, 0.15) is 0 Å². The maximum Gasteiger partial charge on any atom is 0.486 e. The number of rotatable bonds is 1. The summed E-state index contributed by atoms with van der Waals surface area (Å²) in [5.74, 6) is 2.01. The van der Waals surface area contributed by atoms with E-state index in [1.54, 1.807) is 0 Å². The van der Waals surface area contributed by atoms with Crippen LogP contribution in [0.15, 0.2) is 12.1 Å². The fraction of sp³-hybridized carbons (Fsp3) is 0.833. The summed E-state index contributed by atoms with van der Waals surface area (Å²) in [5, 5.41) is 0. The van der Waals surface area contributed by atoms with E-state index in [9.17, 15) is 0 Å². The van der Waals surface area contributed by atoms with Gasteiger partial charge in [0, 0.05) is 0 Å². The first kappa shape index (κ1) is 12.8. The molecular weight excluding hydrogens is 187 g/mol. The van der Waals surface area contributed by atoms with Crippen LogP contribution in [0.4, 0.5) is 0 Å². The molecule has 1 rings (SSSR count). The molecule has 0 spiro atoms. The van der Waals surface area contributed by atoms with Gasteiger partial charge < -0.3 is 9.31 Å². The highest BCUT2D eigenvalue weighted by molar-refractivity contribution is 6.51. The van der Waals surface area contributed by atoms with Gasteiger partial charge in [-0.15, -0.1) is 0 Å². The van der Waals surface area contributed by atoms with E-state index in [1.165, 1.54) is 0 Å². The first-order valence-electron chi connectivity index (χ1n) is 5.58. The monoisotopic (exact) mass is 210 g/mol. The van der Waals surface area contributed by atoms with Crippen molar-refractivity contribution < 1.29 is 9.31 Å². The Morgan fingerprint density at radius 3 is 1.67 bits per heavy atom. The second kappa shape index (κ2) is 3.64. The number of allylic oxidation sites excluding steroid dienone is 1. The lowest BCUT2D eigenvalue weighted by Crippen LogP contribution is -2.41. The molecule has 1 saturated heterocycles. The Kier molecular flexibility index (Phi) is 3.10. The van der Waals surface area contributed by atoms with Crippen molar-refractivity contribution in [1.29, 1.82) is 0 Å². The second-order valence-corrected chi connectivity index (χ2v) is 6.35. The first-order valence-corrected chi connectivity index (χ1v) is 5.58. The van der Waals surface area contributed by atoms with E-state index in [2.05, 4.69) is 54.5 Å². The zero-order valence-corrected chi connectivity index (χ0v) is 11.0. The molecule has 0 bridgehead atoms. The summed E-state index contributed by atoms with van der Waals surface area (Å²) in [4.78, 5) is 0. The third-order valence-electron chi connectivity index (χ3n) is 3.02. The van der Waals surface area contributed by atoms with Crippen molar-refractivity contribution in [2.75, 3.05) is 0 Å². The first-order chi connectivity index (χ1) is 6.54. The summed E-state index contributed by atoms with van der Waals surface area (Å²) in [6.07, 6.45) is 2.13. The Labute approximate surface area is 94.2 Å². The molecule has 0 aromatic heterocycles. The van der Waals surface area contributed by atoms with Crippen LogP contribution in [0, 0.1) is 5.41 Å². The molecule has 0 aliphatic carbocycles. The summed E-state index contributed by atoms with van der Waals surface area (Å²) >= 11 is 0. The van der Waals surface area contributed by atoms with Gasteiger partial charge in [-0.2, -0.15) is 0 Å². The van der Waals surface area contributed by atoms with E-state index >= 15 is 0 Å². The van der Waals surface area contributed by atoms with Crippen molar-refractivity contribution in [3.8, 4) is 0 Å². The standard InChI is InChI=1S/C12H23BO2/c1-10(2,3)8-9-13-14-11(4,5)12(6,7)15-13/h8-9H,1-7H3/b9-8-. The third kappa shape index (κ3) is 3.09. The van der Waals surface area contributed by atoms with E-state index in [4.69, 9.17) is 9.31 Å². The molecule has 1 aliphatic heterocycles. The highest BCUT2D eigenvalue weighted by Crippen LogP contribution is 2.37. The molecule has 0 N–H and O–H groups in total. The number of hydrogen-bond donors (Lipinski definition) is 0. The Bertz CT molecular complexity index is 245. The van der Waals surface area contributed by atoms with E-state index in [-0.39, 0.29) is 23.7 Å². The second-order valence-electron chi connectivity index (χ2n) is 6.35. The van der Waals surface area contributed by atoms with Gasteiger partial charge in [0.15, 0.2) is 0 Å². The summed E-state index contributed by atoms with van der Waals surface area (Å²) in [7, 11) is -0.214. The predicted octanol–water partition coefficient (Wildman–Crippen LogP) is 3.22. The van der Waals surface area contributed by atoms with Crippen molar-refractivity contribution in [2.24, 2.45) is 5.41 Å². The van der Waals surface area contributed by atoms with Gasteiger partial charge in [0.05, 0.1) is 11.2 Å². The molecule has 3 heteroatoms. The van der Waals surface area contributed by atoms with Crippen LogP contribution in [0.2, 0.25) is 0 Å². The van der Waals surface area contributed by atoms with Crippen LogP contribution in [0.25, 0.3) is 0 Å². The van der Waals surface area contributed by atoms with Crippen molar-refractivity contribution in [2.45, 2.75) is 59.7 Å². The smallest absolute Gasteiger partial charge is 0.400 e. The molecule has 0 amide bonds. The van der Waals surface area contributed by atoms with Gasteiger partial charge in [-0.05, 0) is 33.1 Å². The van der Waals surface area contributed by atoms with Crippen LogP contribution >= 0.6 is 0 Å². The van der Waals surface area contributed by atoms with Crippen LogP contribution in [-0.4, -0.2) is 18.3 Å².